The molecule has 0 saturated heterocycles. The topological polar surface area (TPSA) is 46.5 Å². The third-order valence-corrected chi connectivity index (χ3v) is 2.57. The Bertz CT molecular complexity index is 178. The van der Waals surface area contributed by atoms with Gasteiger partial charge in [0, 0.05) is 6.92 Å². The van der Waals surface area contributed by atoms with E-state index in [1.165, 1.54) is 6.92 Å². The maximum absolute atomic E-state index is 10.5. The Balaban J connectivity index is 2.52. The Morgan fingerprint density at radius 3 is 2.64 bits per heavy atom. The van der Waals surface area contributed by atoms with E-state index in [1.54, 1.807) is 6.08 Å². The van der Waals surface area contributed by atoms with Crippen LogP contribution in [0, 0.1) is 0 Å². The highest BCUT2D eigenvalue weighted by atomic mass is 127. The molecule has 0 amide bonds. The first-order chi connectivity index (χ1) is 5.11. The van der Waals surface area contributed by atoms with Crippen molar-refractivity contribution in [3.8, 4) is 0 Å². The van der Waals surface area contributed by atoms with E-state index in [1.807, 2.05) is 6.08 Å². The van der Waals surface area contributed by atoms with E-state index >= 15 is 0 Å². The first-order valence-corrected chi connectivity index (χ1v) is 4.53. The summed E-state index contributed by atoms with van der Waals surface area (Å²) in [5.41, 5.74) is 0. The fourth-order valence-electron chi connectivity index (χ4n) is 0.954. The van der Waals surface area contributed by atoms with Crippen LogP contribution in [0.15, 0.2) is 12.2 Å². The minimum absolute atomic E-state index is 0.0894. The number of hydrogen-bond donors (Lipinski definition) is 1. The van der Waals surface area contributed by atoms with Gasteiger partial charge in [-0.15, -0.1) is 0 Å². The van der Waals surface area contributed by atoms with Crippen LogP contribution in [-0.2, 0) is 9.53 Å². The summed E-state index contributed by atoms with van der Waals surface area (Å²) in [6, 6.07) is 0. The Morgan fingerprint density at radius 2 is 2.27 bits per heavy atom. The largest absolute Gasteiger partial charge is 0.458 e. The summed E-state index contributed by atoms with van der Waals surface area (Å²) in [5.74, 6) is -0.348. The highest BCUT2D eigenvalue weighted by molar-refractivity contribution is 14.1. The summed E-state index contributed by atoms with van der Waals surface area (Å²) >= 11 is 2.12. The van der Waals surface area contributed by atoms with Crippen LogP contribution in [0.4, 0.5) is 0 Å². The molecule has 0 spiro atoms. The van der Waals surface area contributed by atoms with E-state index in [2.05, 4.69) is 22.6 Å². The highest BCUT2D eigenvalue weighted by Gasteiger charge is 2.30. The molecular formula is C7H9IO3. The number of hydrogen-bond acceptors (Lipinski definition) is 3. The lowest BCUT2D eigenvalue weighted by atomic mass is 10.2. The van der Waals surface area contributed by atoms with Crippen molar-refractivity contribution < 1.29 is 14.6 Å². The molecule has 0 radical (unpaired) electrons. The number of aliphatic hydroxyl groups excluding tert-OH is 1. The molecule has 11 heavy (non-hydrogen) atoms. The molecule has 0 aromatic rings. The lowest BCUT2D eigenvalue weighted by molar-refractivity contribution is -0.149. The zero-order valence-corrected chi connectivity index (χ0v) is 8.19. The molecule has 1 rings (SSSR count). The summed E-state index contributed by atoms with van der Waals surface area (Å²) in [6.45, 7) is 1.34. The van der Waals surface area contributed by atoms with Gasteiger partial charge >= 0.3 is 5.97 Å². The van der Waals surface area contributed by atoms with Gasteiger partial charge in [-0.3, -0.25) is 4.79 Å². The molecule has 0 fully saturated rings. The normalized spacial score (nSPS) is 35.7. The van der Waals surface area contributed by atoms with Crippen LogP contribution < -0.4 is 0 Å². The fourth-order valence-corrected chi connectivity index (χ4v) is 1.77. The molecule has 3 nitrogen and oxygen atoms in total. The number of carbonyl (C=O) groups is 1. The Labute approximate surface area is 78.6 Å². The number of carbonyl (C=O) groups excluding carboxylic acids is 1. The van der Waals surface area contributed by atoms with Crippen molar-refractivity contribution in [3.63, 3.8) is 0 Å². The lowest BCUT2D eigenvalue weighted by Gasteiger charge is -2.17. The van der Waals surface area contributed by atoms with Gasteiger partial charge in [-0.1, -0.05) is 34.7 Å². The molecule has 3 unspecified atom stereocenters. The van der Waals surface area contributed by atoms with Gasteiger partial charge in [0.15, 0.2) is 0 Å². The van der Waals surface area contributed by atoms with Crippen molar-refractivity contribution >= 4 is 28.6 Å². The predicted molar refractivity (Wildman–Crippen MR) is 48.5 cm³/mol. The number of esters is 1. The number of halogens is 1. The van der Waals surface area contributed by atoms with Crippen molar-refractivity contribution in [1.29, 1.82) is 0 Å². The minimum Gasteiger partial charge on any atom is -0.458 e. The van der Waals surface area contributed by atoms with E-state index in [4.69, 9.17) is 4.74 Å². The molecule has 0 aromatic heterocycles. The Kier molecular flexibility index (Phi) is 2.89. The Hall–Kier alpha value is -0.100. The van der Waals surface area contributed by atoms with Crippen LogP contribution in [0.25, 0.3) is 0 Å². The third-order valence-electron chi connectivity index (χ3n) is 1.44. The monoisotopic (exact) mass is 268 g/mol. The SMILES string of the molecule is CC(=O)OC1C(O)C=CC1I. The van der Waals surface area contributed by atoms with Crippen molar-refractivity contribution in [2.75, 3.05) is 0 Å². The molecule has 3 atom stereocenters. The van der Waals surface area contributed by atoms with Crippen LogP contribution in [-0.4, -0.2) is 27.2 Å². The molecule has 1 aliphatic rings. The van der Waals surface area contributed by atoms with Crippen molar-refractivity contribution in [1.82, 2.24) is 0 Å². The van der Waals surface area contributed by atoms with Gasteiger partial charge in [-0.2, -0.15) is 0 Å². The summed E-state index contributed by atoms with van der Waals surface area (Å²) in [6.07, 6.45) is 2.44. The van der Waals surface area contributed by atoms with E-state index in [0.29, 0.717) is 0 Å². The van der Waals surface area contributed by atoms with Gasteiger partial charge < -0.3 is 9.84 Å². The second-order valence-corrected chi connectivity index (χ2v) is 3.83. The van der Waals surface area contributed by atoms with Gasteiger partial charge in [0.2, 0.25) is 0 Å². The van der Waals surface area contributed by atoms with Crippen LogP contribution in [0.2, 0.25) is 0 Å². The molecule has 62 valence electrons. The molecule has 0 bridgehead atoms. The van der Waals surface area contributed by atoms with Crippen LogP contribution >= 0.6 is 22.6 Å². The first kappa shape index (κ1) is 8.99. The second-order valence-electron chi connectivity index (χ2n) is 2.39. The maximum atomic E-state index is 10.5. The maximum Gasteiger partial charge on any atom is 0.303 e. The van der Waals surface area contributed by atoms with E-state index < -0.39 is 12.2 Å². The Morgan fingerprint density at radius 1 is 1.64 bits per heavy atom. The fraction of sp³-hybridized carbons (Fsp3) is 0.571. The van der Waals surface area contributed by atoms with Gasteiger partial charge in [0.05, 0.1) is 3.92 Å². The molecule has 4 heteroatoms. The standard InChI is InChI=1S/C7H9IO3/c1-4(9)11-7-5(8)2-3-6(7)10/h2-3,5-7,10H,1H3. The average molecular weight is 268 g/mol. The highest BCUT2D eigenvalue weighted by Crippen LogP contribution is 2.22. The third kappa shape index (κ3) is 2.16. The molecule has 1 N–H and O–H groups in total. The van der Waals surface area contributed by atoms with Gasteiger partial charge in [0.25, 0.3) is 0 Å². The predicted octanol–water partition coefficient (Wildman–Crippen LogP) is 0.652. The van der Waals surface area contributed by atoms with Gasteiger partial charge in [-0.05, 0) is 0 Å². The quantitative estimate of drug-likeness (QED) is 0.329. The van der Waals surface area contributed by atoms with E-state index in [0.717, 1.165) is 0 Å². The first-order valence-electron chi connectivity index (χ1n) is 3.29. The molecule has 0 saturated carbocycles. The van der Waals surface area contributed by atoms with Crippen LogP contribution in [0.3, 0.4) is 0 Å². The number of alkyl halides is 1. The number of ether oxygens (including phenoxy) is 1. The zero-order valence-electron chi connectivity index (χ0n) is 6.03. The summed E-state index contributed by atoms with van der Waals surface area (Å²) < 4.78 is 4.97. The zero-order chi connectivity index (χ0) is 8.43. The van der Waals surface area contributed by atoms with Crippen molar-refractivity contribution in [2.24, 2.45) is 0 Å². The smallest absolute Gasteiger partial charge is 0.303 e. The minimum atomic E-state index is -0.638. The average Bonchev–Trinajstić information content (AvgIpc) is 2.18. The van der Waals surface area contributed by atoms with E-state index in [-0.39, 0.29) is 9.89 Å². The summed E-state index contributed by atoms with van der Waals surface area (Å²) in [4.78, 5) is 10.5. The number of aliphatic hydroxyl groups is 1. The van der Waals surface area contributed by atoms with Crippen molar-refractivity contribution in [2.45, 2.75) is 23.1 Å². The van der Waals surface area contributed by atoms with Crippen molar-refractivity contribution in [3.05, 3.63) is 12.2 Å². The van der Waals surface area contributed by atoms with E-state index in [9.17, 15) is 9.90 Å². The van der Waals surface area contributed by atoms with Crippen LogP contribution in [0.1, 0.15) is 6.92 Å². The van der Waals surface area contributed by atoms with Crippen LogP contribution in [0.5, 0.6) is 0 Å². The molecule has 1 aliphatic carbocycles. The molecule has 0 aliphatic heterocycles. The van der Waals surface area contributed by atoms with Gasteiger partial charge in [0.1, 0.15) is 12.2 Å². The number of rotatable bonds is 1. The van der Waals surface area contributed by atoms with Gasteiger partial charge in [-0.25, -0.2) is 0 Å². The molecule has 0 aromatic carbocycles. The summed E-state index contributed by atoms with van der Waals surface area (Å²) in [7, 11) is 0. The molecule has 0 heterocycles. The second kappa shape index (κ2) is 3.53. The summed E-state index contributed by atoms with van der Waals surface area (Å²) in [5, 5.41) is 9.24. The lowest BCUT2D eigenvalue weighted by Crippen LogP contribution is -2.31. The molecular weight excluding hydrogens is 259 g/mol.